The van der Waals surface area contributed by atoms with E-state index in [0.29, 0.717) is 11.6 Å². The fourth-order valence-electron chi connectivity index (χ4n) is 2.23. The number of benzene rings is 2. The maximum atomic E-state index is 6.56. The Morgan fingerprint density at radius 2 is 1.90 bits per heavy atom. The molecule has 0 saturated carbocycles. The van der Waals surface area contributed by atoms with Crippen LogP contribution >= 0.6 is 27.5 Å². The Morgan fingerprint density at radius 3 is 2.55 bits per heavy atom. The van der Waals surface area contributed by atoms with Crippen LogP contribution in [0.4, 0.5) is 0 Å². The molecule has 0 fully saturated rings. The third-order valence-corrected chi connectivity index (χ3v) is 4.04. The van der Waals surface area contributed by atoms with Gasteiger partial charge in [-0.1, -0.05) is 51.8 Å². The Hall–Kier alpha value is -1.03. The number of halogens is 2. The van der Waals surface area contributed by atoms with Gasteiger partial charge in [0, 0.05) is 15.1 Å². The van der Waals surface area contributed by atoms with Gasteiger partial charge >= 0.3 is 0 Å². The van der Waals surface area contributed by atoms with Crippen molar-refractivity contribution >= 4 is 27.5 Å². The lowest BCUT2D eigenvalue weighted by atomic mass is 9.85. The molecular weight excluding hydrogens is 338 g/mol. The van der Waals surface area contributed by atoms with Crippen molar-refractivity contribution in [2.75, 3.05) is 6.61 Å². The van der Waals surface area contributed by atoms with Crippen molar-refractivity contribution < 1.29 is 4.74 Å². The van der Waals surface area contributed by atoms with Crippen molar-refractivity contribution in [3.05, 3.63) is 63.1 Å². The molecule has 4 heteroatoms. The minimum atomic E-state index is -0.719. The highest BCUT2D eigenvalue weighted by atomic mass is 79.9. The van der Waals surface area contributed by atoms with Crippen LogP contribution in [0.3, 0.4) is 0 Å². The summed E-state index contributed by atoms with van der Waals surface area (Å²) in [4.78, 5) is 0. The molecule has 2 aromatic carbocycles. The zero-order valence-electron chi connectivity index (χ0n) is 11.5. The van der Waals surface area contributed by atoms with Crippen LogP contribution in [-0.2, 0) is 5.54 Å². The van der Waals surface area contributed by atoms with Crippen LogP contribution in [-0.4, -0.2) is 6.61 Å². The summed E-state index contributed by atoms with van der Waals surface area (Å²) in [7, 11) is 0. The number of ether oxygens (including phenoxy) is 1. The van der Waals surface area contributed by atoms with Gasteiger partial charge in [-0.2, -0.15) is 0 Å². The van der Waals surface area contributed by atoms with Crippen molar-refractivity contribution in [2.45, 2.75) is 19.4 Å². The first-order chi connectivity index (χ1) is 9.46. The molecule has 1 atom stereocenters. The van der Waals surface area contributed by atoms with Gasteiger partial charge in [0.25, 0.3) is 0 Å². The molecule has 0 radical (unpaired) electrons. The van der Waals surface area contributed by atoms with Crippen molar-refractivity contribution in [3.63, 3.8) is 0 Å². The Kier molecular flexibility index (Phi) is 4.74. The molecular formula is C16H17BrClNO. The monoisotopic (exact) mass is 353 g/mol. The van der Waals surface area contributed by atoms with Crippen LogP contribution in [0.5, 0.6) is 5.75 Å². The zero-order chi connectivity index (χ0) is 14.8. The van der Waals surface area contributed by atoms with E-state index >= 15 is 0 Å². The molecule has 0 aliphatic rings. The second kappa shape index (κ2) is 6.17. The van der Waals surface area contributed by atoms with Gasteiger partial charge < -0.3 is 10.5 Å². The summed E-state index contributed by atoms with van der Waals surface area (Å²) in [5.74, 6) is 0.791. The van der Waals surface area contributed by atoms with Gasteiger partial charge in [-0.15, -0.1) is 0 Å². The molecule has 0 bridgehead atoms. The number of hydrogen-bond acceptors (Lipinski definition) is 2. The summed E-state index contributed by atoms with van der Waals surface area (Å²) in [6.07, 6.45) is 0. The number of nitrogens with two attached hydrogens (primary N) is 1. The van der Waals surface area contributed by atoms with E-state index in [0.717, 1.165) is 21.3 Å². The van der Waals surface area contributed by atoms with E-state index < -0.39 is 5.54 Å². The van der Waals surface area contributed by atoms with Crippen molar-refractivity contribution in [1.29, 1.82) is 0 Å². The van der Waals surface area contributed by atoms with Gasteiger partial charge in [0.05, 0.1) is 12.1 Å². The van der Waals surface area contributed by atoms with E-state index in [-0.39, 0.29) is 0 Å². The number of para-hydroxylation sites is 1. The Morgan fingerprint density at radius 1 is 1.20 bits per heavy atom. The van der Waals surface area contributed by atoms with E-state index in [9.17, 15) is 0 Å². The molecule has 0 spiro atoms. The highest BCUT2D eigenvalue weighted by Gasteiger charge is 2.29. The normalized spacial score (nSPS) is 13.8. The minimum Gasteiger partial charge on any atom is -0.494 e. The van der Waals surface area contributed by atoms with Gasteiger partial charge in [0.1, 0.15) is 5.75 Å². The van der Waals surface area contributed by atoms with Gasteiger partial charge in [0.2, 0.25) is 0 Å². The highest BCUT2D eigenvalue weighted by Crippen LogP contribution is 2.37. The third-order valence-electron chi connectivity index (χ3n) is 3.24. The minimum absolute atomic E-state index is 0.598. The topological polar surface area (TPSA) is 35.2 Å². The Labute approximate surface area is 133 Å². The highest BCUT2D eigenvalue weighted by molar-refractivity contribution is 9.10. The molecule has 2 aromatic rings. The molecule has 2 N–H and O–H groups in total. The van der Waals surface area contributed by atoms with E-state index in [4.69, 9.17) is 22.1 Å². The van der Waals surface area contributed by atoms with Crippen molar-refractivity contribution in [3.8, 4) is 5.75 Å². The van der Waals surface area contributed by atoms with Gasteiger partial charge in [-0.3, -0.25) is 0 Å². The summed E-state index contributed by atoms with van der Waals surface area (Å²) in [5.41, 5.74) is 7.64. The molecule has 20 heavy (non-hydrogen) atoms. The van der Waals surface area contributed by atoms with E-state index in [1.54, 1.807) is 0 Å². The summed E-state index contributed by atoms with van der Waals surface area (Å²) in [6, 6.07) is 13.5. The van der Waals surface area contributed by atoms with Crippen LogP contribution in [0.1, 0.15) is 25.0 Å². The Balaban J connectivity index is 2.54. The molecule has 1 unspecified atom stereocenters. The summed E-state index contributed by atoms with van der Waals surface area (Å²) in [5, 5.41) is 0.635. The predicted octanol–water partition coefficient (Wildman–Crippen LogP) is 4.72. The zero-order valence-corrected chi connectivity index (χ0v) is 13.8. The second-order valence-electron chi connectivity index (χ2n) is 4.76. The van der Waals surface area contributed by atoms with Crippen LogP contribution in [0.15, 0.2) is 46.9 Å². The average molecular weight is 355 g/mol. The molecule has 0 amide bonds. The van der Waals surface area contributed by atoms with Crippen LogP contribution < -0.4 is 10.5 Å². The lowest BCUT2D eigenvalue weighted by Crippen LogP contribution is -2.35. The summed E-state index contributed by atoms with van der Waals surface area (Å²) < 4.78 is 6.61. The van der Waals surface area contributed by atoms with Gasteiger partial charge in [-0.25, -0.2) is 0 Å². The molecule has 0 aromatic heterocycles. The molecule has 0 aliphatic carbocycles. The summed E-state index contributed by atoms with van der Waals surface area (Å²) in [6.45, 7) is 4.50. The van der Waals surface area contributed by atoms with Crippen molar-refractivity contribution in [2.24, 2.45) is 5.73 Å². The first-order valence-electron chi connectivity index (χ1n) is 6.43. The van der Waals surface area contributed by atoms with Gasteiger partial charge in [0.15, 0.2) is 0 Å². The molecule has 0 saturated heterocycles. The SMILES string of the molecule is CCOc1ccccc1C(C)(N)c1ccc(Br)cc1Cl. The number of rotatable bonds is 4. The smallest absolute Gasteiger partial charge is 0.124 e. The fourth-order valence-corrected chi connectivity index (χ4v) is 3.10. The molecule has 2 rings (SSSR count). The third kappa shape index (κ3) is 3.00. The van der Waals surface area contributed by atoms with E-state index in [1.165, 1.54) is 0 Å². The lowest BCUT2D eigenvalue weighted by Gasteiger charge is -2.29. The summed E-state index contributed by atoms with van der Waals surface area (Å²) >= 11 is 9.75. The van der Waals surface area contributed by atoms with Gasteiger partial charge in [-0.05, 0) is 37.6 Å². The van der Waals surface area contributed by atoms with Crippen LogP contribution in [0.25, 0.3) is 0 Å². The maximum absolute atomic E-state index is 6.56. The van der Waals surface area contributed by atoms with Crippen molar-refractivity contribution in [1.82, 2.24) is 0 Å². The molecule has 106 valence electrons. The van der Waals surface area contributed by atoms with E-state index in [1.807, 2.05) is 56.3 Å². The fraction of sp³-hybridized carbons (Fsp3) is 0.250. The molecule has 0 heterocycles. The largest absolute Gasteiger partial charge is 0.494 e. The lowest BCUT2D eigenvalue weighted by molar-refractivity contribution is 0.330. The molecule has 0 aliphatic heterocycles. The standard InChI is InChI=1S/C16H17BrClNO/c1-3-20-15-7-5-4-6-13(15)16(2,19)12-9-8-11(17)10-14(12)18/h4-10H,3,19H2,1-2H3. The maximum Gasteiger partial charge on any atom is 0.124 e. The average Bonchev–Trinajstić information content (AvgIpc) is 2.39. The first-order valence-corrected chi connectivity index (χ1v) is 7.60. The Bertz CT molecular complexity index is 613. The van der Waals surface area contributed by atoms with Crippen LogP contribution in [0, 0.1) is 0 Å². The quantitative estimate of drug-likeness (QED) is 0.862. The van der Waals surface area contributed by atoms with Crippen LogP contribution in [0.2, 0.25) is 5.02 Å². The predicted molar refractivity (Wildman–Crippen MR) is 87.4 cm³/mol. The molecule has 2 nitrogen and oxygen atoms in total. The number of hydrogen-bond donors (Lipinski definition) is 1. The van der Waals surface area contributed by atoms with E-state index in [2.05, 4.69) is 15.9 Å². The second-order valence-corrected chi connectivity index (χ2v) is 6.08. The first kappa shape index (κ1) is 15.4.